The number of benzene rings is 1. The number of ether oxygens (including phenoxy) is 1. The average Bonchev–Trinajstić information content (AvgIpc) is 3.12. The average molecular weight is 390 g/mol. The zero-order valence-corrected chi connectivity index (χ0v) is 15.4. The van der Waals surface area contributed by atoms with Gasteiger partial charge in [-0.05, 0) is 24.3 Å². The molecule has 1 aliphatic heterocycles. The standard InChI is InChI=1S/C17H15FN4O2S2/c18-12-3-1-11(2-4-12)13(23)9-25-16-14-15(19-10-20-16)21-17(26-14)22-5-7-24-8-6-22/h1-4,10H,5-9H2. The molecule has 0 N–H and O–H groups in total. The molecule has 0 atom stereocenters. The number of hydrogen-bond donors (Lipinski definition) is 0. The number of morpholine rings is 1. The van der Waals surface area contributed by atoms with Gasteiger partial charge in [0.15, 0.2) is 16.6 Å². The maximum absolute atomic E-state index is 13.0. The van der Waals surface area contributed by atoms with E-state index in [2.05, 4.69) is 19.9 Å². The van der Waals surface area contributed by atoms with Crippen molar-refractivity contribution in [3.8, 4) is 0 Å². The highest BCUT2D eigenvalue weighted by Gasteiger charge is 2.18. The molecule has 0 amide bonds. The number of thioether (sulfide) groups is 1. The highest BCUT2D eigenvalue weighted by atomic mass is 32.2. The van der Waals surface area contributed by atoms with Crippen molar-refractivity contribution in [3.05, 3.63) is 42.0 Å². The van der Waals surface area contributed by atoms with Gasteiger partial charge in [0, 0.05) is 18.7 Å². The predicted octanol–water partition coefficient (Wildman–Crippen LogP) is 3.04. The second-order valence-corrected chi connectivity index (χ2v) is 7.59. The molecule has 2 aromatic heterocycles. The van der Waals surface area contributed by atoms with Crippen LogP contribution in [0.1, 0.15) is 10.4 Å². The van der Waals surface area contributed by atoms with Crippen LogP contribution in [0.3, 0.4) is 0 Å². The van der Waals surface area contributed by atoms with Crippen LogP contribution in [0.2, 0.25) is 0 Å². The van der Waals surface area contributed by atoms with Crippen molar-refractivity contribution in [2.75, 3.05) is 37.0 Å². The number of hydrogen-bond acceptors (Lipinski definition) is 8. The van der Waals surface area contributed by atoms with Crippen LogP contribution in [-0.4, -0.2) is 52.8 Å². The van der Waals surface area contributed by atoms with E-state index < -0.39 is 0 Å². The van der Waals surface area contributed by atoms with Gasteiger partial charge in [-0.15, -0.1) is 0 Å². The van der Waals surface area contributed by atoms with Gasteiger partial charge >= 0.3 is 0 Å². The van der Waals surface area contributed by atoms with Crippen LogP contribution in [0, 0.1) is 5.82 Å². The molecule has 6 nitrogen and oxygen atoms in total. The number of halogens is 1. The summed E-state index contributed by atoms with van der Waals surface area (Å²) in [6, 6.07) is 5.57. The normalized spacial score (nSPS) is 14.7. The summed E-state index contributed by atoms with van der Waals surface area (Å²) in [5, 5.41) is 1.64. The van der Waals surface area contributed by atoms with Crippen molar-refractivity contribution in [2.45, 2.75) is 5.03 Å². The van der Waals surface area contributed by atoms with Gasteiger partial charge < -0.3 is 9.64 Å². The fourth-order valence-corrected chi connectivity index (χ4v) is 4.60. The lowest BCUT2D eigenvalue weighted by molar-refractivity contribution is 0.102. The SMILES string of the molecule is O=C(CSc1ncnc2nc(N3CCOCC3)sc12)c1ccc(F)cc1. The van der Waals surface area contributed by atoms with Gasteiger partial charge in [0.05, 0.1) is 19.0 Å². The Morgan fingerprint density at radius 1 is 1.23 bits per heavy atom. The number of Topliss-reactive ketones (excluding diaryl/α,β-unsaturated/α-hetero) is 1. The van der Waals surface area contributed by atoms with Crippen molar-refractivity contribution in [2.24, 2.45) is 0 Å². The number of nitrogens with zero attached hydrogens (tertiary/aromatic N) is 4. The van der Waals surface area contributed by atoms with E-state index >= 15 is 0 Å². The van der Waals surface area contributed by atoms with E-state index in [0.29, 0.717) is 24.4 Å². The van der Waals surface area contributed by atoms with Crippen molar-refractivity contribution in [1.29, 1.82) is 0 Å². The summed E-state index contributed by atoms with van der Waals surface area (Å²) in [7, 11) is 0. The monoisotopic (exact) mass is 390 g/mol. The lowest BCUT2D eigenvalue weighted by Gasteiger charge is -2.25. The van der Waals surface area contributed by atoms with Gasteiger partial charge in [-0.25, -0.2) is 14.4 Å². The molecule has 3 aromatic rings. The molecule has 1 saturated heterocycles. The number of carbonyl (C=O) groups is 1. The zero-order valence-electron chi connectivity index (χ0n) is 13.7. The van der Waals surface area contributed by atoms with E-state index in [1.54, 1.807) is 0 Å². The molecule has 0 spiro atoms. The summed E-state index contributed by atoms with van der Waals surface area (Å²) in [6.07, 6.45) is 1.47. The molecule has 0 unspecified atom stereocenters. The Morgan fingerprint density at radius 2 is 2.00 bits per heavy atom. The smallest absolute Gasteiger partial charge is 0.188 e. The molecule has 1 fully saturated rings. The van der Waals surface area contributed by atoms with Crippen LogP contribution in [0.5, 0.6) is 0 Å². The van der Waals surface area contributed by atoms with Crippen molar-refractivity contribution >= 4 is 44.4 Å². The van der Waals surface area contributed by atoms with Gasteiger partial charge in [-0.3, -0.25) is 4.79 Å². The van der Waals surface area contributed by atoms with Crippen LogP contribution >= 0.6 is 23.1 Å². The zero-order chi connectivity index (χ0) is 17.9. The van der Waals surface area contributed by atoms with Crippen LogP contribution < -0.4 is 4.90 Å². The van der Waals surface area contributed by atoms with E-state index in [1.807, 2.05) is 0 Å². The fourth-order valence-electron chi connectivity index (χ4n) is 2.57. The Morgan fingerprint density at radius 3 is 2.77 bits per heavy atom. The second kappa shape index (κ2) is 7.65. The third kappa shape index (κ3) is 3.69. The quantitative estimate of drug-likeness (QED) is 0.377. The summed E-state index contributed by atoms with van der Waals surface area (Å²) in [4.78, 5) is 27.6. The topological polar surface area (TPSA) is 68.2 Å². The number of anilines is 1. The molecule has 9 heteroatoms. The minimum atomic E-state index is -0.355. The van der Waals surface area contributed by atoms with Gasteiger partial charge in [-0.1, -0.05) is 23.1 Å². The first-order chi connectivity index (χ1) is 12.7. The highest BCUT2D eigenvalue weighted by molar-refractivity contribution is 8.00. The summed E-state index contributed by atoms with van der Waals surface area (Å²) in [5.74, 6) is -0.200. The van der Waals surface area contributed by atoms with Gasteiger partial charge in [0.2, 0.25) is 0 Å². The third-order valence-corrected chi connectivity index (χ3v) is 6.17. The number of carbonyl (C=O) groups excluding carboxylic acids is 1. The van der Waals surface area contributed by atoms with Crippen LogP contribution in [0.25, 0.3) is 10.3 Å². The Balaban J connectivity index is 1.51. The molecule has 0 bridgehead atoms. The number of thiazole rings is 1. The third-order valence-electron chi connectivity index (χ3n) is 3.94. The minimum absolute atomic E-state index is 0.0697. The largest absolute Gasteiger partial charge is 0.378 e. The number of ketones is 1. The van der Waals surface area contributed by atoms with E-state index in [9.17, 15) is 9.18 Å². The first-order valence-electron chi connectivity index (χ1n) is 8.06. The molecule has 0 radical (unpaired) electrons. The van der Waals surface area contributed by atoms with Crippen LogP contribution in [0.4, 0.5) is 9.52 Å². The lowest BCUT2D eigenvalue weighted by atomic mass is 10.1. The van der Waals surface area contributed by atoms with Crippen molar-refractivity contribution in [1.82, 2.24) is 15.0 Å². The van der Waals surface area contributed by atoms with Crippen LogP contribution in [-0.2, 0) is 4.74 Å². The van der Waals surface area contributed by atoms with Gasteiger partial charge in [0.25, 0.3) is 0 Å². The predicted molar refractivity (Wildman–Crippen MR) is 99.7 cm³/mol. The van der Waals surface area contributed by atoms with Crippen molar-refractivity contribution < 1.29 is 13.9 Å². The first kappa shape index (κ1) is 17.3. The first-order valence-corrected chi connectivity index (χ1v) is 9.87. The maximum atomic E-state index is 13.0. The summed E-state index contributed by atoms with van der Waals surface area (Å²) in [6.45, 7) is 2.99. The number of aromatic nitrogens is 3. The molecule has 0 saturated carbocycles. The maximum Gasteiger partial charge on any atom is 0.188 e. The van der Waals surface area contributed by atoms with E-state index in [0.717, 1.165) is 27.9 Å². The van der Waals surface area contributed by atoms with Crippen LogP contribution in [0.15, 0.2) is 35.6 Å². The molecule has 26 heavy (non-hydrogen) atoms. The van der Waals surface area contributed by atoms with Gasteiger partial charge in [0.1, 0.15) is 21.9 Å². The summed E-state index contributed by atoms with van der Waals surface area (Å²) >= 11 is 2.88. The molecule has 1 aliphatic rings. The van der Waals surface area contributed by atoms with E-state index in [4.69, 9.17) is 4.74 Å². The fraction of sp³-hybridized carbons (Fsp3) is 0.294. The second-order valence-electron chi connectivity index (χ2n) is 5.65. The lowest BCUT2D eigenvalue weighted by Crippen LogP contribution is -2.36. The van der Waals surface area contributed by atoms with Crippen molar-refractivity contribution in [3.63, 3.8) is 0 Å². The number of fused-ring (bicyclic) bond motifs is 1. The Hall–Kier alpha value is -2.10. The Kier molecular flexibility index (Phi) is 5.09. The molecule has 0 aliphatic carbocycles. The molecule has 134 valence electrons. The Labute approximate surface area is 157 Å². The minimum Gasteiger partial charge on any atom is -0.378 e. The Bertz CT molecular complexity index is 926. The molecule has 3 heterocycles. The van der Waals surface area contributed by atoms with Gasteiger partial charge in [-0.2, -0.15) is 4.98 Å². The molecular formula is C17H15FN4O2S2. The number of rotatable bonds is 5. The molecule has 1 aromatic carbocycles. The van der Waals surface area contributed by atoms with E-state index in [-0.39, 0.29) is 17.4 Å². The summed E-state index contributed by atoms with van der Waals surface area (Å²) in [5.41, 5.74) is 1.13. The van der Waals surface area contributed by atoms with E-state index in [1.165, 1.54) is 53.7 Å². The summed E-state index contributed by atoms with van der Waals surface area (Å²) < 4.78 is 19.2. The highest BCUT2D eigenvalue weighted by Crippen LogP contribution is 2.34. The molecule has 4 rings (SSSR count). The molecular weight excluding hydrogens is 375 g/mol.